The van der Waals surface area contributed by atoms with Crippen LogP contribution in [0.25, 0.3) is 10.9 Å². The Kier molecular flexibility index (Phi) is 7.00. The van der Waals surface area contributed by atoms with Crippen LogP contribution in [0.5, 0.6) is 5.75 Å². The second-order valence-electron chi connectivity index (χ2n) is 8.81. The predicted octanol–water partition coefficient (Wildman–Crippen LogP) is 6.82. The first-order valence-corrected chi connectivity index (χ1v) is 12.1. The first kappa shape index (κ1) is 24.3. The Labute approximate surface area is 213 Å². The van der Waals surface area contributed by atoms with Gasteiger partial charge < -0.3 is 4.74 Å². The van der Waals surface area contributed by atoms with Crippen molar-refractivity contribution in [2.75, 3.05) is 0 Å². The molecule has 0 spiro atoms. The van der Waals surface area contributed by atoms with Gasteiger partial charge in [-0.15, -0.1) is 0 Å². The van der Waals surface area contributed by atoms with Crippen LogP contribution in [0, 0.1) is 5.82 Å². The molecule has 1 aromatic heterocycles. The lowest BCUT2D eigenvalue weighted by Gasteiger charge is -2.21. The van der Waals surface area contributed by atoms with Crippen molar-refractivity contribution >= 4 is 49.0 Å². The summed E-state index contributed by atoms with van der Waals surface area (Å²) in [7, 11) is 0. The maximum absolute atomic E-state index is 13.5. The number of aromatic nitrogens is 2. The average Bonchev–Trinajstić information content (AvgIpc) is 2.77. The number of fused-ring (bicyclic) bond motifs is 1. The summed E-state index contributed by atoms with van der Waals surface area (Å²) < 4.78 is 22.4. The van der Waals surface area contributed by atoms with E-state index in [2.05, 4.69) is 37.0 Å². The number of nitrogens with zero attached hydrogens (tertiary/aromatic N) is 3. The van der Waals surface area contributed by atoms with Crippen LogP contribution in [0.2, 0.25) is 0 Å². The predicted molar refractivity (Wildman–Crippen MR) is 140 cm³/mol. The van der Waals surface area contributed by atoms with Crippen molar-refractivity contribution in [2.24, 2.45) is 5.10 Å². The Morgan fingerprint density at radius 3 is 2.53 bits per heavy atom. The molecule has 34 heavy (non-hydrogen) atoms. The number of hydrogen-bond acceptors (Lipinski definition) is 4. The molecule has 0 fully saturated rings. The third-order valence-corrected chi connectivity index (χ3v) is 6.03. The van der Waals surface area contributed by atoms with Gasteiger partial charge in [0.15, 0.2) is 0 Å². The fraction of sp³-hybridized carbons (Fsp3) is 0.192. The van der Waals surface area contributed by atoms with E-state index in [9.17, 15) is 9.18 Å². The maximum Gasteiger partial charge on any atom is 0.282 e. The smallest absolute Gasteiger partial charge is 0.282 e. The molecule has 0 radical (unpaired) electrons. The molecule has 5 nitrogen and oxygen atoms in total. The molecular formula is C26H22Br2FN3O2. The topological polar surface area (TPSA) is 56.5 Å². The summed E-state index contributed by atoms with van der Waals surface area (Å²) >= 11 is 6.90. The van der Waals surface area contributed by atoms with Crippen molar-refractivity contribution in [3.8, 4) is 5.75 Å². The van der Waals surface area contributed by atoms with Gasteiger partial charge in [-0.1, -0.05) is 64.8 Å². The molecule has 0 atom stereocenters. The van der Waals surface area contributed by atoms with Crippen molar-refractivity contribution < 1.29 is 9.13 Å². The summed E-state index contributed by atoms with van der Waals surface area (Å²) in [6.45, 7) is 6.15. The van der Waals surface area contributed by atoms with E-state index in [0.717, 1.165) is 8.95 Å². The zero-order valence-corrected chi connectivity index (χ0v) is 22.0. The molecule has 174 valence electrons. The molecule has 4 aromatic rings. The minimum Gasteiger partial charge on any atom is -0.488 e. The van der Waals surface area contributed by atoms with Gasteiger partial charge in [-0.2, -0.15) is 9.78 Å². The van der Waals surface area contributed by atoms with Crippen LogP contribution in [0.1, 0.15) is 37.7 Å². The van der Waals surface area contributed by atoms with Crippen molar-refractivity contribution in [3.63, 3.8) is 0 Å². The summed E-state index contributed by atoms with van der Waals surface area (Å²) in [5.41, 5.74) is 1.30. The van der Waals surface area contributed by atoms with Gasteiger partial charge in [-0.25, -0.2) is 9.37 Å². The fourth-order valence-corrected chi connectivity index (χ4v) is 4.14. The third-order valence-electron chi connectivity index (χ3n) is 5.05. The summed E-state index contributed by atoms with van der Waals surface area (Å²) in [6.07, 6.45) is 1.58. The van der Waals surface area contributed by atoms with Crippen LogP contribution in [-0.2, 0) is 12.0 Å². The molecule has 0 aliphatic rings. The molecule has 0 aliphatic carbocycles. The van der Waals surface area contributed by atoms with Crippen LogP contribution >= 0.6 is 31.9 Å². The van der Waals surface area contributed by atoms with Crippen molar-refractivity contribution in [3.05, 3.63) is 103 Å². The Hall–Kier alpha value is -2.84. The molecule has 0 bridgehead atoms. The van der Waals surface area contributed by atoms with Crippen molar-refractivity contribution in [1.82, 2.24) is 9.66 Å². The lowest BCUT2D eigenvalue weighted by atomic mass is 9.95. The molecule has 4 rings (SSSR count). The van der Waals surface area contributed by atoms with Crippen molar-refractivity contribution in [2.45, 2.75) is 32.8 Å². The highest BCUT2D eigenvalue weighted by atomic mass is 79.9. The number of halogens is 3. The monoisotopic (exact) mass is 585 g/mol. The van der Waals surface area contributed by atoms with E-state index in [1.54, 1.807) is 30.5 Å². The van der Waals surface area contributed by atoms with Gasteiger partial charge in [0.25, 0.3) is 5.56 Å². The largest absolute Gasteiger partial charge is 0.488 e. The summed E-state index contributed by atoms with van der Waals surface area (Å²) in [5.74, 6) is 0.780. The van der Waals surface area contributed by atoms with Gasteiger partial charge in [0.2, 0.25) is 0 Å². The maximum atomic E-state index is 13.5. The summed E-state index contributed by atoms with van der Waals surface area (Å²) in [4.78, 5) is 18.1. The molecule has 1 heterocycles. The summed E-state index contributed by atoms with van der Waals surface area (Å²) in [6, 6.07) is 17.2. The average molecular weight is 587 g/mol. The zero-order valence-electron chi connectivity index (χ0n) is 18.8. The Bertz CT molecular complexity index is 1460. The molecule has 0 saturated heterocycles. The molecule has 8 heteroatoms. The van der Waals surface area contributed by atoms with Crippen LogP contribution in [0.4, 0.5) is 4.39 Å². The molecule has 0 saturated carbocycles. The normalized spacial score (nSPS) is 11.9. The first-order valence-electron chi connectivity index (χ1n) is 10.6. The number of ether oxygens (including phenoxy) is 1. The van der Waals surface area contributed by atoms with Crippen molar-refractivity contribution in [1.29, 1.82) is 0 Å². The lowest BCUT2D eigenvalue weighted by Crippen LogP contribution is -2.29. The fourth-order valence-electron chi connectivity index (χ4n) is 3.40. The van der Waals surface area contributed by atoms with Crippen LogP contribution in [0.15, 0.2) is 79.5 Å². The highest BCUT2D eigenvalue weighted by molar-refractivity contribution is 9.10. The molecule has 0 amide bonds. The number of benzene rings is 3. The quantitative estimate of drug-likeness (QED) is 0.241. The standard InChI is InChI=1S/C26H22Br2FN3O2/c1-26(2,3)25-31-22-9-7-19(28)13-21(22)24(33)32(25)30-14-17-12-18(27)8-10-23(17)34-15-16-5-4-6-20(29)11-16/h4-14H,15H2,1-3H3. The first-order chi connectivity index (χ1) is 16.1. The number of rotatable bonds is 5. The van der Waals surface area contributed by atoms with E-state index in [1.807, 2.05) is 45.0 Å². The van der Waals surface area contributed by atoms with Crippen LogP contribution in [0.3, 0.4) is 0 Å². The Morgan fingerprint density at radius 2 is 1.79 bits per heavy atom. The second-order valence-corrected chi connectivity index (χ2v) is 10.6. The minimum atomic E-state index is -0.425. The van der Waals surface area contributed by atoms with E-state index >= 15 is 0 Å². The Balaban J connectivity index is 1.76. The zero-order chi connectivity index (χ0) is 24.5. The third kappa shape index (κ3) is 5.45. The second kappa shape index (κ2) is 9.80. The van der Waals surface area contributed by atoms with Crippen LogP contribution < -0.4 is 10.3 Å². The SMILES string of the molecule is CC(C)(C)c1nc2ccc(Br)cc2c(=O)n1N=Cc1cc(Br)ccc1OCc1cccc(F)c1. The van der Waals surface area contributed by atoms with Gasteiger partial charge in [0.1, 0.15) is 24.0 Å². The summed E-state index contributed by atoms with van der Waals surface area (Å²) in [5, 5.41) is 5.00. The van der Waals surface area contributed by atoms with E-state index in [1.165, 1.54) is 16.8 Å². The number of hydrogen-bond donors (Lipinski definition) is 0. The van der Waals surface area contributed by atoms with Gasteiger partial charge in [-0.05, 0) is 54.1 Å². The Morgan fingerprint density at radius 1 is 1.06 bits per heavy atom. The molecular weight excluding hydrogens is 565 g/mol. The van der Waals surface area contributed by atoms with Gasteiger partial charge in [0, 0.05) is 19.9 Å². The highest BCUT2D eigenvalue weighted by Crippen LogP contribution is 2.25. The van der Waals surface area contributed by atoms with Gasteiger partial charge >= 0.3 is 0 Å². The minimum absolute atomic E-state index is 0.193. The lowest BCUT2D eigenvalue weighted by molar-refractivity contribution is 0.305. The van der Waals surface area contributed by atoms with E-state index in [4.69, 9.17) is 9.72 Å². The van der Waals surface area contributed by atoms with Crippen LogP contribution in [-0.4, -0.2) is 15.9 Å². The van der Waals surface area contributed by atoms with Gasteiger partial charge in [-0.3, -0.25) is 4.79 Å². The molecule has 0 aliphatic heterocycles. The molecule has 0 N–H and O–H groups in total. The highest BCUT2D eigenvalue weighted by Gasteiger charge is 2.23. The molecule has 3 aromatic carbocycles. The molecule has 0 unspecified atom stereocenters. The van der Waals surface area contributed by atoms with E-state index in [0.29, 0.717) is 33.6 Å². The van der Waals surface area contributed by atoms with Gasteiger partial charge in [0.05, 0.1) is 17.1 Å². The van der Waals surface area contributed by atoms with E-state index < -0.39 is 5.41 Å². The van der Waals surface area contributed by atoms with E-state index in [-0.39, 0.29) is 18.0 Å².